The largest absolute Gasteiger partial charge is 0.465 e. The highest BCUT2D eigenvalue weighted by Gasteiger charge is 2.08. The van der Waals surface area contributed by atoms with Crippen molar-refractivity contribution in [2.45, 2.75) is 19.6 Å². The summed E-state index contributed by atoms with van der Waals surface area (Å²) in [5, 5.41) is 12.3. The summed E-state index contributed by atoms with van der Waals surface area (Å²) in [5.41, 5.74) is 1.40. The maximum Gasteiger partial charge on any atom is 0.337 e. The normalized spacial score (nSPS) is 12.1. The van der Waals surface area contributed by atoms with Crippen molar-refractivity contribution in [2.24, 2.45) is 0 Å². The molecular weight excluding hydrogens is 270 g/mol. The number of hydrogen-bond donors (Lipinski definition) is 2. The summed E-state index contributed by atoms with van der Waals surface area (Å²) in [6.07, 6.45) is -0.384. The van der Waals surface area contributed by atoms with Gasteiger partial charge in [-0.2, -0.15) is 0 Å². The molecular formula is C16H19NO4. The van der Waals surface area contributed by atoms with Crippen LogP contribution in [0, 0.1) is 0 Å². The second kappa shape index (κ2) is 7.06. The van der Waals surface area contributed by atoms with Gasteiger partial charge in [-0.15, -0.1) is 0 Å². The Morgan fingerprint density at radius 3 is 2.62 bits per heavy atom. The standard InChI is InChI=1S/C16H19NO4/c1-11(18)9-17-10-14-7-8-15(21-14)12-3-5-13(6-4-12)16(19)20-2/h3-8,11,17-18H,9-10H2,1-2H3/t11-/m0/s1. The number of ether oxygens (including phenoxy) is 1. The maximum atomic E-state index is 11.4. The molecule has 0 saturated carbocycles. The van der Waals surface area contributed by atoms with E-state index in [9.17, 15) is 9.90 Å². The SMILES string of the molecule is COC(=O)c1ccc(-c2ccc(CNC[C@H](C)O)o2)cc1. The number of carbonyl (C=O) groups is 1. The molecule has 1 atom stereocenters. The molecule has 2 rings (SSSR count). The van der Waals surface area contributed by atoms with Crippen LogP contribution >= 0.6 is 0 Å². The van der Waals surface area contributed by atoms with Crippen LogP contribution in [0.4, 0.5) is 0 Å². The zero-order valence-corrected chi connectivity index (χ0v) is 12.1. The van der Waals surface area contributed by atoms with Gasteiger partial charge in [0.15, 0.2) is 0 Å². The lowest BCUT2D eigenvalue weighted by Crippen LogP contribution is -2.23. The second-order valence-electron chi connectivity index (χ2n) is 4.81. The Hall–Kier alpha value is -2.11. The molecule has 0 bridgehead atoms. The molecule has 0 aliphatic heterocycles. The van der Waals surface area contributed by atoms with Crippen molar-refractivity contribution in [1.29, 1.82) is 0 Å². The van der Waals surface area contributed by atoms with Gasteiger partial charge in [0.25, 0.3) is 0 Å². The fraction of sp³-hybridized carbons (Fsp3) is 0.312. The number of carbonyl (C=O) groups excluding carboxylic acids is 1. The molecule has 0 fully saturated rings. The Kier molecular flexibility index (Phi) is 5.14. The molecule has 0 saturated heterocycles. The van der Waals surface area contributed by atoms with E-state index in [1.807, 2.05) is 24.3 Å². The minimum Gasteiger partial charge on any atom is -0.465 e. The van der Waals surface area contributed by atoms with Gasteiger partial charge in [0.05, 0.1) is 25.3 Å². The van der Waals surface area contributed by atoms with Gasteiger partial charge in [0.2, 0.25) is 0 Å². The van der Waals surface area contributed by atoms with Gasteiger partial charge < -0.3 is 19.6 Å². The van der Waals surface area contributed by atoms with E-state index in [-0.39, 0.29) is 12.1 Å². The van der Waals surface area contributed by atoms with E-state index in [0.717, 1.165) is 17.1 Å². The van der Waals surface area contributed by atoms with Crippen molar-refractivity contribution in [2.75, 3.05) is 13.7 Å². The van der Waals surface area contributed by atoms with Gasteiger partial charge in [0, 0.05) is 12.1 Å². The first-order valence-electron chi connectivity index (χ1n) is 6.76. The van der Waals surface area contributed by atoms with Crippen molar-refractivity contribution < 1.29 is 19.1 Å². The van der Waals surface area contributed by atoms with Crippen LogP contribution in [0.3, 0.4) is 0 Å². The summed E-state index contributed by atoms with van der Waals surface area (Å²) in [5.74, 6) is 1.17. The zero-order chi connectivity index (χ0) is 15.2. The first kappa shape index (κ1) is 15.3. The molecule has 0 aliphatic carbocycles. The van der Waals surface area contributed by atoms with Gasteiger partial charge in [-0.3, -0.25) is 0 Å². The molecule has 0 amide bonds. The van der Waals surface area contributed by atoms with Crippen molar-refractivity contribution >= 4 is 5.97 Å². The number of aliphatic hydroxyl groups is 1. The lowest BCUT2D eigenvalue weighted by atomic mass is 10.1. The van der Waals surface area contributed by atoms with Crippen LogP contribution in [0.25, 0.3) is 11.3 Å². The number of nitrogens with one attached hydrogen (secondary N) is 1. The fourth-order valence-corrected chi connectivity index (χ4v) is 1.92. The van der Waals surface area contributed by atoms with Crippen LogP contribution in [0.2, 0.25) is 0 Å². The van der Waals surface area contributed by atoms with Crippen LogP contribution in [0.15, 0.2) is 40.8 Å². The van der Waals surface area contributed by atoms with E-state index in [4.69, 9.17) is 4.42 Å². The third-order valence-corrected chi connectivity index (χ3v) is 2.99. The predicted molar refractivity (Wildman–Crippen MR) is 78.9 cm³/mol. The molecule has 5 nitrogen and oxygen atoms in total. The van der Waals surface area contributed by atoms with Crippen molar-refractivity contribution in [3.05, 3.63) is 47.7 Å². The van der Waals surface area contributed by atoms with Gasteiger partial charge in [-0.1, -0.05) is 12.1 Å². The molecule has 2 aromatic rings. The summed E-state index contributed by atoms with van der Waals surface area (Å²) in [6, 6.07) is 10.8. The third kappa shape index (κ3) is 4.18. The number of hydrogen-bond acceptors (Lipinski definition) is 5. The second-order valence-corrected chi connectivity index (χ2v) is 4.81. The molecule has 1 aromatic heterocycles. The Balaban J connectivity index is 2.02. The van der Waals surface area contributed by atoms with Gasteiger partial charge in [-0.05, 0) is 31.2 Å². The first-order chi connectivity index (χ1) is 10.1. The van der Waals surface area contributed by atoms with Crippen molar-refractivity contribution in [1.82, 2.24) is 5.32 Å². The summed E-state index contributed by atoms with van der Waals surface area (Å²) in [6.45, 7) is 2.80. The Morgan fingerprint density at radius 1 is 1.29 bits per heavy atom. The highest BCUT2D eigenvalue weighted by atomic mass is 16.5. The van der Waals surface area contributed by atoms with Crippen LogP contribution in [-0.4, -0.2) is 30.8 Å². The number of aliphatic hydroxyl groups excluding tert-OH is 1. The lowest BCUT2D eigenvalue weighted by Gasteiger charge is -2.04. The summed E-state index contributed by atoms with van der Waals surface area (Å²) in [4.78, 5) is 11.4. The third-order valence-electron chi connectivity index (χ3n) is 2.99. The van der Waals surface area contributed by atoms with Crippen LogP contribution in [0.1, 0.15) is 23.0 Å². The number of benzene rings is 1. The average Bonchev–Trinajstić information content (AvgIpc) is 2.95. The molecule has 0 spiro atoms. The maximum absolute atomic E-state index is 11.4. The number of esters is 1. The lowest BCUT2D eigenvalue weighted by molar-refractivity contribution is 0.0600. The van der Waals surface area contributed by atoms with E-state index in [0.29, 0.717) is 18.7 Å². The highest BCUT2D eigenvalue weighted by molar-refractivity contribution is 5.89. The van der Waals surface area contributed by atoms with Crippen molar-refractivity contribution in [3.8, 4) is 11.3 Å². The molecule has 0 aliphatic rings. The highest BCUT2D eigenvalue weighted by Crippen LogP contribution is 2.22. The topological polar surface area (TPSA) is 71.7 Å². The first-order valence-corrected chi connectivity index (χ1v) is 6.76. The Bertz CT molecular complexity index is 587. The minimum atomic E-state index is -0.384. The van der Waals surface area contributed by atoms with E-state index in [2.05, 4.69) is 10.1 Å². The fourth-order valence-electron chi connectivity index (χ4n) is 1.92. The summed E-state index contributed by atoms with van der Waals surface area (Å²) in [7, 11) is 1.36. The van der Waals surface area contributed by atoms with E-state index < -0.39 is 0 Å². The Morgan fingerprint density at radius 2 is 2.00 bits per heavy atom. The number of methoxy groups -OCH3 is 1. The number of rotatable bonds is 6. The number of furan rings is 1. The van der Waals surface area contributed by atoms with E-state index in [1.165, 1.54) is 7.11 Å². The average molecular weight is 289 g/mol. The van der Waals surface area contributed by atoms with Crippen LogP contribution < -0.4 is 5.32 Å². The smallest absolute Gasteiger partial charge is 0.337 e. The molecule has 21 heavy (non-hydrogen) atoms. The molecule has 0 radical (unpaired) electrons. The van der Waals surface area contributed by atoms with Crippen molar-refractivity contribution in [3.63, 3.8) is 0 Å². The molecule has 5 heteroatoms. The monoisotopic (exact) mass is 289 g/mol. The van der Waals surface area contributed by atoms with Crippen LogP contribution in [-0.2, 0) is 11.3 Å². The summed E-state index contributed by atoms with van der Waals surface area (Å²) >= 11 is 0. The molecule has 1 heterocycles. The quantitative estimate of drug-likeness (QED) is 0.798. The summed E-state index contributed by atoms with van der Waals surface area (Å²) < 4.78 is 10.4. The Labute approximate surface area is 123 Å². The molecule has 0 unspecified atom stereocenters. The zero-order valence-electron chi connectivity index (χ0n) is 12.1. The minimum absolute atomic E-state index is 0.357. The van der Waals surface area contributed by atoms with Gasteiger partial charge >= 0.3 is 5.97 Å². The van der Waals surface area contributed by atoms with Gasteiger partial charge in [0.1, 0.15) is 11.5 Å². The van der Waals surface area contributed by atoms with E-state index >= 15 is 0 Å². The molecule has 2 N–H and O–H groups in total. The van der Waals surface area contributed by atoms with E-state index in [1.54, 1.807) is 19.1 Å². The molecule has 112 valence electrons. The van der Waals surface area contributed by atoms with Crippen LogP contribution in [0.5, 0.6) is 0 Å². The predicted octanol–water partition coefficient (Wildman–Crippen LogP) is 2.20. The molecule has 1 aromatic carbocycles. The van der Waals surface area contributed by atoms with Gasteiger partial charge in [-0.25, -0.2) is 4.79 Å².